The average Bonchev–Trinajstić information content (AvgIpc) is 2.79. The topological polar surface area (TPSA) is 46.9 Å². The summed E-state index contributed by atoms with van der Waals surface area (Å²) in [6.07, 6.45) is 12.7. The summed E-state index contributed by atoms with van der Waals surface area (Å²) in [5, 5.41) is 3.31. The number of aromatic nitrogens is 2. The zero-order valence-corrected chi connectivity index (χ0v) is 10.5. The molecule has 1 heterocycles. The highest BCUT2D eigenvalue weighted by Crippen LogP contribution is 2.55. The van der Waals surface area contributed by atoms with Crippen molar-refractivity contribution in [2.45, 2.75) is 44.1 Å². The van der Waals surface area contributed by atoms with Crippen molar-refractivity contribution in [2.24, 2.45) is 17.8 Å². The Morgan fingerprint density at radius 3 is 2.28 bits per heavy atom. The Bertz CT molecular complexity index is 430. The zero-order valence-electron chi connectivity index (χ0n) is 10.5. The summed E-state index contributed by atoms with van der Waals surface area (Å²) < 4.78 is 1.55. The van der Waals surface area contributed by atoms with E-state index in [4.69, 9.17) is 0 Å². The first-order chi connectivity index (χ1) is 8.72. The molecule has 5 rings (SSSR count). The van der Waals surface area contributed by atoms with Gasteiger partial charge < -0.3 is 5.32 Å². The van der Waals surface area contributed by atoms with Gasteiger partial charge in [-0.05, 0) is 56.3 Å². The number of imidazole rings is 1. The quantitative estimate of drug-likeness (QED) is 0.826. The number of nitrogens with one attached hydrogen (secondary N) is 1. The Balaban J connectivity index is 1.56. The van der Waals surface area contributed by atoms with Gasteiger partial charge in [0.05, 0.1) is 0 Å². The molecule has 4 aliphatic carbocycles. The van der Waals surface area contributed by atoms with Crippen LogP contribution >= 0.6 is 0 Å². The lowest BCUT2D eigenvalue weighted by Crippen LogP contribution is -2.60. The predicted molar refractivity (Wildman–Crippen MR) is 67.1 cm³/mol. The monoisotopic (exact) mass is 245 g/mol. The van der Waals surface area contributed by atoms with E-state index >= 15 is 0 Å². The van der Waals surface area contributed by atoms with Gasteiger partial charge in [-0.15, -0.1) is 0 Å². The van der Waals surface area contributed by atoms with E-state index in [0.717, 1.165) is 17.8 Å². The smallest absolute Gasteiger partial charge is 0.327 e. The van der Waals surface area contributed by atoms with E-state index in [9.17, 15) is 4.79 Å². The molecule has 96 valence electrons. The first-order valence-corrected chi connectivity index (χ1v) is 7.03. The van der Waals surface area contributed by atoms with Crippen molar-refractivity contribution in [2.75, 3.05) is 0 Å². The SMILES string of the molecule is O=C(NC12CC3CC(CC(C3)C1)C2)n1ccnc1. The lowest BCUT2D eigenvalue weighted by molar-refractivity contribution is -0.0134. The molecule has 0 aromatic carbocycles. The van der Waals surface area contributed by atoms with Crippen molar-refractivity contribution in [1.82, 2.24) is 14.9 Å². The fraction of sp³-hybridized carbons (Fsp3) is 0.714. The Hall–Kier alpha value is -1.32. The molecular formula is C14H19N3O. The standard InChI is InChI=1S/C14H19N3O/c18-13(17-2-1-15-9-17)16-14-6-10-3-11(7-14)5-12(4-10)8-14/h1-2,9-12H,3-8H2,(H,16,18). The van der Waals surface area contributed by atoms with E-state index in [1.807, 2.05) is 0 Å². The summed E-state index contributed by atoms with van der Waals surface area (Å²) in [5.74, 6) is 2.58. The van der Waals surface area contributed by atoms with Crippen molar-refractivity contribution in [3.63, 3.8) is 0 Å². The lowest BCUT2D eigenvalue weighted by Gasteiger charge is -2.56. The third-order valence-electron chi connectivity index (χ3n) is 5.15. The summed E-state index contributed by atoms with van der Waals surface area (Å²) in [5.41, 5.74) is 0.0934. The van der Waals surface area contributed by atoms with Crippen molar-refractivity contribution >= 4 is 6.03 Å². The van der Waals surface area contributed by atoms with Crippen LogP contribution in [0, 0.1) is 17.8 Å². The maximum absolute atomic E-state index is 12.2. The van der Waals surface area contributed by atoms with Gasteiger partial charge in [0.2, 0.25) is 0 Å². The highest BCUT2D eigenvalue weighted by Gasteiger charge is 2.51. The second-order valence-electron chi connectivity index (χ2n) is 6.60. The molecule has 0 saturated heterocycles. The minimum atomic E-state index is -0.00514. The van der Waals surface area contributed by atoms with Gasteiger partial charge in [-0.2, -0.15) is 0 Å². The van der Waals surface area contributed by atoms with Crippen molar-refractivity contribution < 1.29 is 4.79 Å². The summed E-state index contributed by atoms with van der Waals surface area (Å²) in [7, 11) is 0. The maximum Gasteiger partial charge on any atom is 0.327 e. The van der Waals surface area contributed by atoms with Crippen LogP contribution in [0.5, 0.6) is 0 Å². The molecule has 4 saturated carbocycles. The molecule has 1 N–H and O–H groups in total. The number of amides is 1. The van der Waals surface area contributed by atoms with E-state index in [1.165, 1.54) is 38.5 Å². The molecule has 0 atom stereocenters. The second-order valence-corrected chi connectivity index (χ2v) is 6.60. The van der Waals surface area contributed by atoms with Crippen LogP contribution in [0.25, 0.3) is 0 Å². The van der Waals surface area contributed by atoms with Gasteiger partial charge in [0.1, 0.15) is 6.33 Å². The van der Waals surface area contributed by atoms with E-state index in [-0.39, 0.29) is 11.6 Å². The summed E-state index contributed by atoms with van der Waals surface area (Å²) in [4.78, 5) is 16.1. The number of carbonyl (C=O) groups excluding carboxylic acids is 1. The van der Waals surface area contributed by atoms with Crippen LogP contribution < -0.4 is 5.32 Å². The third kappa shape index (κ3) is 1.58. The number of hydrogen-bond donors (Lipinski definition) is 1. The van der Waals surface area contributed by atoms with E-state index in [0.29, 0.717) is 0 Å². The summed E-state index contributed by atoms with van der Waals surface area (Å²) >= 11 is 0. The molecule has 1 aromatic rings. The average molecular weight is 245 g/mol. The molecule has 0 unspecified atom stereocenters. The van der Waals surface area contributed by atoms with Gasteiger partial charge in [-0.25, -0.2) is 9.78 Å². The fourth-order valence-corrected chi connectivity index (χ4v) is 4.93. The van der Waals surface area contributed by atoms with Gasteiger partial charge in [0, 0.05) is 17.9 Å². The molecule has 1 aromatic heterocycles. The minimum Gasteiger partial charge on any atom is -0.332 e. The maximum atomic E-state index is 12.2. The highest BCUT2D eigenvalue weighted by atomic mass is 16.2. The van der Waals surface area contributed by atoms with Crippen molar-refractivity contribution in [1.29, 1.82) is 0 Å². The van der Waals surface area contributed by atoms with Gasteiger partial charge in [0.25, 0.3) is 0 Å². The van der Waals surface area contributed by atoms with Crippen LogP contribution in [0.3, 0.4) is 0 Å². The molecule has 4 bridgehead atoms. The van der Waals surface area contributed by atoms with Crippen LogP contribution in [0.15, 0.2) is 18.7 Å². The van der Waals surface area contributed by atoms with Crippen LogP contribution in [0.4, 0.5) is 4.79 Å². The van der Waals surface area contributed by atoms with Crippen LogP contribution in [0.2, 0.25) is 0 Å². The third-order valence-corrected chi connectivity index (χ3v) is 5.15. The van der Waals surface area contributed by atoms with E-state index in [1.54, 1.807) is 23.3 Å². The predicted octanol–water partition coefficient (Wildman–Crippen LogP) is 2.41. The summed E-state index contributed by atoms with van der Waals surface area (Å²) in [6, 6.07) is -0.00514. The molecule has 4 fully saturated rings. The number of rotatable bonds is 1. The molecule has 0 radical (unpaired) electrons. The minimum absolute atomic E-state index is 0.00514. The van der Waals surface area contributed by atoms with Gasteiger partial charge in [-0.3, -0.25) is 4.57 Å². The molecule has 4 heteroatoms. The normalized spacial score (nSPS) is 41.0. The summed E-state index contributed by atoms with van der Waals surface area (Å²) in [6.45, 7) is 0. The Morgan fingerprint density at radius 2 is 1.78 bits per heavy atom. The van der Waals surface area contributed by atoms with E-state index < -0.39 is 0 Å². The van der Waals surface area contributed by atoms with Crippen molar-refractivity contribution in [3.8, 4) is 0 Å². The van der Waals surface area contributed by atoms with E-state index in [2.05, 4.69) is 10.3 Å². The lowest BCUT2D eigenvalue weighted by atomic mass is 9.53. The van der Waals surface area contributed by atoms with Gasteiger partial charge >= 0.3 is 6.03 Å². The van der Waals surface area contributed by atoms with Gasteiger partial charge in [0.15, 0.2) is 0 Å². The first-order valence-electron chi connectivity index (χ1n) is 7.03. The fourth-order valence-electron chi connectivity index (χ4n) is 4.93. The van der Waals surface area contributed by atoms with Crippen LogP contribution in [-0.2, 0) is 0 Å². The second kappa shape index (κ2) is 3.59. The Morgan fingerprint density at radius 1 is 1.17 bits per heavy atom. The Labute approximate surface area is 107 Å². The van der Waals surface area contributed by atoms with Gasteiger partial charge in [-0.1, -0.05) is 0 Å². The Kier molecular flexibility index (Phi) is 2.11. The largest absolute Gasteiger partial charge is 0.332 e. The number of nitrogens with zero attached hydrogens (tertiary/aromatic N) is 2. The molecule has 18 heavy (non-hydrogen) atoms. The molecule has 0 aliphatic heterocycles. The van der Waals surface area contributed by atoms with Crippen molar-refractivity contribution in [3.05, 3.63) is 18.7 Å². The number of carbonyl (C=O) groups is 1. The molecule has 1 amide bonds. The molecule has 0 spiro atoms. The molecule has 4 nitrogen and oxygen atoms in total. The van der Waals surface area contributed by atoms with Crippen LogP contribution in [-0.4, -0.2) is 21.1 Å². The molecular weight excluding hydrogens is 226 g/mol. The highest BCUT2D eigenvalue weighted by molar-refractivity contribution is 5.77. The molecule has 4 aliphatic rings. The number of hydrogen-bond acceptors (Lipinski definition) is 2. The zero-order chi connectivity index (χ0) is 12.2. The first kappa shape index (κ1) is 10.6. The van der Waals surface area contributed by atoms with Crippen LogP contribution in [0.1, 0.15) is 38.5 Å².